The molecule has 0 aliphatic carbocycles. The Kier molecular flexibility index (Phi) is 4.59. The Balaban J connectivity index is 1.91. The van der Waals surface area contributed by atoms with Crippen LogP contribution in [0, 0.1) is 13.8 Å². The number of benzene rings is 1. The summed E-state index contributed by atoms with van der Waals surface area (Å²) in [4.78, 5) is 23.7. The molecule has 21 heavy (non-hydrogen) atoms. The van der Waals surface area contributed by atoms with Crippen LogP contribution < -0.4 is 10.6 Å². The summed E-state index contributed by atoms with van der Waals surface area (Å²) >= 11 is 5.81. The molecule has 0 saturated carbocycles. The lowest BCUT2D eigenvalue weighted by Crippen LogP contribution is -2.33. The van der Waals surface area contributed by atoms with Crippen LogP contribution in [-0.2, 0) is 4.79 Å². The zero-order valence-corrected chi connectivity index (χ0v) is 12.4. The number of aryl methyl sites for hydroxylation is 2. The lowest BCUT2D eigenvalue weighted by molar-refractivity contribution is -0.115. The van der Waals surface area contributed by atoms with E-state index in [2.05, 4.69) is 20.8 Å². The number of carbonyl (C=O) groups excluding carboxylic acids is 2. The van der Waals surface area contributed by atoms with Gasteiger partial charge in [-0.05, 0) is 32.0 Å². The van der Waals surface area contributed by atoms with Gasteiger partial charge in [0.15, 0.2) is 0 Å². The van der Waals surface area contributed by atoms with Gasteiger partial charge in [-0.2, -0.15) is 5.10 Å². The van der Waals surface area contributed by atoms with Gasteiger partial charge in [-0.1, -0.05) is 17.7 Å². The summed E-state index contributed by atoms with van der Waals surface area (Å²) in [5, 5.41) is 12.5. The Morgan fingerprint density at radius 2 is 2.10 bits per heavy atom. The zero-order chi connectivity index (χ0) is 15.4. The maximum absolute atomic E-state index is 11.9. The normalized spacial score (nSPS) is 10.2. The van der Waals surface area contributed by atoms with Crippen molar-refractivity contribution in [3.8, 4) is 0 Å². The average Bonchev–Trinajstić information content (AvgIpc) is 2.76. The number of H-pyrrole nitrogens is 1. The highest BCUT2D eigenvalue weighted by Gasteiger charge is 2.12. The minimum atomic E-state index is -0.353. The molecule has 110 valence electrons. The molecular weight excluding hydrogens is 292 g/mol. The molecule has 0 spiro atoms. The molecule has 1 aromatic heterocycles. The maximum atomic E-state index is 11.9. The molecule has 0 saturated heterocycles. The number of amides is 2. The topological polar surface area (TPSA) is 86.9 Å². The number of aromatic nitrogens is 2. The van der Waals surface area contributed by atoms with E-state index in [1.165, 1.54) is 0 Å². The molecule has 1 aromatic carbocycles. The van der Waals surface area contributed by atoms with Gasteiger partial charge in [0.2, 0.25) is 5.91 Å². The van der Waals surface area contributed by atoms with Crippen molar-refractivity contribution in [1.82, 2.24) is 15.5 Å². The van der Waals surface area contributed by atoms with E-state index in [-0.39, 0.29) is 18.4 Å². The Hall–Kier alpha value is -2.34. The van der Waals surface area contributed by atoms with Crippen LogP contribution in [0.4, 0.5) is 5.69 Å². The predicted molar refractivity (Wildman–Crippen MR) is 80.5 cm³/mol. The quantitative estimate of drug-likeness (QED) is 0.808. The molecule has 2 rings (SSSR count). The third kappa shape index (κ3) is 3.82. The monoisotopic (exact) mass is 306 g/mol. The molecule has 0 atom stereocenters. The van der Waals surface area contributed by atoms with Crippen LogP contribution >= 0.6 is 11.6 Å². The number of nitrogens with zero attached hydrogens (tertiary/aromatic N) is 1. The summed E-state index contributed by atoms with van der Waals surface area (Å²) in [6.07, 6.45) is 0. The van der Waals surface area contributed by atoms with Crippen molar-refractivity contribution in [1.29, 1.82) is 0 Å². The summed E-state index contributed by atoms with van der Waals surface area (Å²) < 4.78 is 0. The number of halogens is 1. The fraction of sp³-hybridized carbons (Fsp3) is 0.214. The molecule has 2 aromatic rings. The number of rotatable bonds is 4. The molecule has 0 radical (unpaired) electrons. The Morgan fingerprint density at radius 1 is 1.33 bits per heavy atom. The van der Waals surface area contributed by atoms with Crippen molar-refractivity contribution in [3.63, 3.8) is 0 Å². The van der Waals surface area contributed by atoms with E-state index in [1.807, 2.05) is 0 Å². The third-order valence-electron chi connectivity index (χ3n) is 2.89. The Morgan fingerprint density at radius 3 is 2.71 bits per heavy atom. The molecule has 6 nitrogen and oxygen atoms in total. The van der Waals surface area contributed by atoms with E-state index < -0.39 is 0 Å². The maximum Gasteiger partial charge on any atom is 0.251 e. The smallest absolute Gasteiger partial charge is 0.251 e. The van der Waals surface area contributed by atoms with Crippen LogP contribution in [0.5, 0.6) is 0 Å². The molecule has 0 bridgehead atoms. The number of aromatic amines is 1. The fourth-order valence-corrected chi connectivity index (χ4v) is 2.00. The number of carbonyl (C=O) groups is 2. The second-order valence-electron chi connectivity index (χ2n) is 4.55. The molecule has 0 aliphatic rings. The Labute approximate surface area is 126 Å². The van der Waals surface area contributed by atoms with Crippen molar-refractivity contribution in [2.24, 2.45) is 0 Å². The van der Waals surface area contributed by atoms with Gasteiger partial charge in [0.1, 0.15) is 0 Å². The molecule has 3 N–H and O–H groups in total. The second-order valence-corrected chi connectivity index (χ2v) is 4.99. The number of nitrogens with one attached hydrogen (secondary N) is 3. The predicted octanol–water partition coefficient (Wildman–Crippen LogP) is 2.05. The SMILES string of the molecule is Cc1n[nH]c(C)c1NC(=O)CNC(=O)c1cccc(Cl)c1. The van der Waals surface area contributed by atoms with Gasteiger partial charge in [0, 0.05) is 10.6 Å². The third-order valence-corrected chi connectivity index (χ3v) is 3.12. The zero-order valence-electron chi connectivity index (χ0n) is 11.7. The standard InChI is InChI=1S/C14H15ClN4O2/c1-8-13(9(2)19-18-8)17-12(20)7-16-14(21)10-4-3-5-11(15)6-10/h3-6H,7H2,1-2H3,(H,16,21)(H,17,20)(H,18,19). The lowest BCUT2D eigenvalue weighted by atomic mass is 10.2. The summed E-state index contributed by atoms with van der Waals surface area (Å²) in [6, 6.07) is 6.52. The van der Waals surface area contributed by atoms with E-state index in [0.29, 0.717) is 22.0 Å². The summed E-state index contributed by atoms with van der Waals surface area (Å²) in [7, 11) is 0. The molecule has 1 heterocycles. The Bertz CT molecular complexity index is 662. The molecule has 2 amide bonds. The van der Waals surface area contributed by atoms with Crippen molar-refractivity contribution < 1.29 is 9.59 Å². The first-order valence-electron chi connectivity index (χ1n) is 6.32. The summed E-state index contributed by atoms with van der Waals surface area (Å²) in [5.41, 5.74) is 2.51. The second kappa shape index (κ2) is 6.41. The highest BCUT2D eigenvalue weighted by molar-refractivity contribution is 6.31. The van der Waals surface area contributed by atoms with E-state index in [1.54, 1.807) is 38.1 Å². The van der Waals surface area contributed by atoms with Crippen LogP contribution in [0.1, 0.15) is 21.7 Å². The van der Waals surface area contributed by atoms with Crippen molar-refractivity contribution >= 4 is 29.1 Å². The van der Waals surface area contributed by atoms with E-state index in [4.69, 9.17) is 11.6 Å². The van der Waals surface area contributed by atoms with E-state index in [0.717, 1.165) is 5.69 Å². The van der Waals surface area contributed by atoms with Crippen molar-refractivity contribution in [2.75, 3.05) is 11.9 Å². The van der Waals surface area contributed by atoms with Crippen LogP contribution in [0.2, 0.25) is 5.02 Å². The highest BCUT2D eigenvalue weighted by atomic mass is 35.5. The highest BCUT2D eigenvalue weighted by Crippen LogP contribution is 2.15. The van der Waals surface area contributed by atoms with Crippen molar-refractivity contribution in [2.45, 2.75) is 13.8 Å². The van der Waals surface area contributed by atoms with Crippen LogP contribution in [0.25, 0.3) is 0 Å². The van der Waals surface area contributed by atoms with Gasteiger partial charge in [-0.15, -0.1) is 0 Å². The molecule has 7 heteroatoms. The molecule has 0 fully saturated rings. The van der Waals surface area contributed by atoms with Gasteiger partial charge in [-0.25, -0.2) is 0 Å². The van der Waals surface area contributed by atoms with Gasteiger partial charge in [0.05, 0.1) is 23.6 Å². The first-order valence-corrected chi connectivity index (χ1v) is 6.70. The molecule has 0 aliphatic heterocycles. The van der Waals surface area contributed by atoms with Crippen LogP contribution in [-0.4, -0.2) is 28.6 Å². The van der Waals surface area contributed by atoms with Crippen LogP contribution in [0.15, 0.2) is 24.3 Å². The largest absolute Gasteiger partial charge is 0.343 e. The van der Waals surface area contributed by atoms with Gasteiger partial charge >= 0.3 is 0 Å². The molecular formula is C14H15ClN4O2. The van der Waals surface area contributed by atoms with Crippen molar-refractivity contribution in [3.05, 3.63) is 46.2 Å². The number of hydrogen-bond acceptors (Lipinski definition) is 3. The number of hydrogen-bond donors (Lipinski definition) is 3. The summed E-state index contributed by atoms with van der Waals surface area (Å²) in [6.45, 7) is 3.46. The average molecular weight is 307 g/mol. The first-order chi connectivity index (χ1) is 9.97. The lowest BCUT2D eigenvalue weighted by Gasteiger charge is -2.07. The number of anilines is 1. The minimum Gasteiger partial charge on any atom is -0.343 e. The van der Waals surface area contributed by atoms with E-state index in [9.17, 15) is 9.59 Å². The van der Waals surface area contributed by atoms with Crippen LogP contribution in [0.3, 0.4) is 0 Å². The van der Waals surface area contributed by atoms with E-state index >= 15 is 0 Å². The first kappa shape index (κ1) is 15.1. The fourth-order valence-electron chi connectivity index (χ4n) is 1.81. The van der Waals surface area contributed by atoms with Gasteiger partial charge < -0.3 is 10.6 Å². The summed E-state index contributed by atoms with van der Waals surface area (Å²) in [5.74, 6) is -0.675. The van der Waals surface area contributed by atoms with Gasteiger partial charge in [-0.3, -0.25) is 14.7 Å². The van der Waals surface area contributed by atoms with Gasteiger partial charge in [0.25, 0.3) is 5.91 Å². The minimum absolute atomic E-state index is 0.130. The molecule has 0 unspecified atom stereocenters.